The number of nitrogens with zero attached hydrogens (tertiary/aromatic N) is 1. The molecule has 0 aliphatic rings. The van der Waals surface area contributed by atoms with Crippen LogP contribution in [0, 0.1) is 0 Å². The molecule has 80 valence electrons. The molecule has 3 rings (SSSR count). The molecule has 0 saturated carbocycles. The first-order valence-corrected chi connectivity index (χ1v) is 5.60. The number of hydrogen-bond donors (Lipinski definition) is 0. The van der Waals surface area contributed by atoms with Gasteiger partial charge in [0.25, 0.3) is 0 Å². The third-order valence-electron chi connectivity index (χ3n) is 2.51. The Bertz CT molecular complexity index is 675. The van der Waals surface area contributed by atoms with Crippen molar-refractivity contribution in [3.05, 3.63) is 34.9 Å². The number of hydrogen-bond acceptors (Lipinski definition) is 3. The molecule has 2 aromatic heterocycles. The summed E-state index contributed by atoms with van der Waals surface area (Å²) in [5.74, 6) is 0.774. The van der Waals surface area contributed by atoms with Gasteiger partial charge in [-0.3, -0.25) is 4.98 Å². The lowest BCUT2D eigenvalue weighted by Crippen LogP contribution is -1.84. The van der Waals surface area contributed by atoms with Crippen molar-refractivity contribution in [1.82, 2.24) is 4.98 Å². The maximum Gasteiger partial charge on any atom is 0.155 e. The molecule has 0 aliphatic heterocycles. The number of pyridine rings is 1. The maximum atomic E-state index is 5.74. The number of aromatic nitrogens is 1. The number of fused-ring (bicyclic) bond motifs is 3. The van der Waals surface area contributed by atoms with E-state index in [2.05, 4.69) is 20.9 Å². The van der Waals surface area contributed by atoms with Crippen molar-refractivity contribution in [2.24, 2.45) is 0 Å². The molecule has 0 spiro atoms. The number of rotatable bonds is 1. The van der Waals surface area contributed by atoms with Crippen molar-refractivity contribution < 1.29 is 9.15 Å². The highest BCUT2D eigenvalue weighted by atomic mass is 79.9. The van der Waals surface area contributed by atoms with Crippen molar-refractivity contribution >= 4 is 38.0 Å². The lowest BCUT2D eigenvalue weighted by atomic mass is 10.2. The topological polar surface area (TPSA) is 35.3 Å². The molecule has 0 N–H and O–H groups in total. The molecule has 0 saturated heterocycles. The summed E-state index contributed by atoms with van der Waals surface area (Å²) in [6.07, 6.45) is 1.75. The average molecular weight is 278 g/mol. The predicted molar refractivity (Wildman–Crippen MR) is 65.8 cm³/mol. The molecule has 0 unspecified atom stereocenters. The Morgan fingerprint density at radius 2 is 2.19 bits per heavy atom. The Kier molecular flexibility index (Phi) is 2.11. The summed E-state index contributed by atoms with van der Waals surface area (Å²) >= 11 is 3.46. The minimum Gasteiger partial charge on any atom is -0.496 e. The van der Waals surface area contributed by atoms with Gasteiger partial charge in [0.15, 0.2) is 11.2 Å². The van der Waals surface area contributed by atoms with E-state index in [0.717, 1.165) is 32.3 Å². The van der Waals surface area contributed by atoms with Crippen molar-refractivity contribution in [3.8, 4) is 5.75 Å². The molecular weight excluding hydrogens is 270 g/mol. The van der Waals surface area contributed by atoms with E-state index in [1.54, 1.807) is 13.3 Å². The van der Waals surface area contributed by atoms with E-state index in [9.17, 15) is 0 Å². The van der Waals surface area contributed by atoms with E-state index in [-0.39, 0.29) is 0 Å². The molecule has 0 bridgehead atoms. The first kappa shape index (κ1) is 9.66. The third kappa shape index (κ3) is 1.23. The van der Waals surface area contributed by atoms with Crippen molar-refractivity contribution in [1.29, 1.82) is 0 Å². The van der Waals surface area contributed by atoms with Crippen molar-refractivity contribution in [3.63, 3.8) is 0 Å². The minimum absolute atomic E-state index is 0.766. The minimum atomic E-state index is 0.766. The first-order chi connectivity index (χ1) is 7.81. The second-order valence-corrected chi connectivity index (χ2v) is 4.26. The largest absolute Gasteiger partial charge is 0.496 e. The highest BCUT2D eigenvalue weighted by molar-refractivity contribution is 9.10. The molecule has 0 fully saturated rings. The van der Waals surface area contributed by atoms with Crippen LogP contribution in [0.1, 0.15) is 0 Å². The summed E-state index contributed by atoms with van der Waals surface area (Å²) < 4.78 is 12.0. The molecule has 0 aliphatic carbocycles. The lowest BCUT2D eigenvalue weighted by molar-refractivity contribution is 0.419. The van der Waals surface area contributed by atoms with Gasteiger partial charge >= 0.3 is 0 Å². The fourth-order valence-corrected chi connectivity index (χ4v) is 2.22. The molecular formula is C12H8BrNO2. The van der Waals surface area contributed by atoms with E-state index < -0.39 is 0 Å². The monoisotopic (exact) mass is 277 g/mol. The third-order valence-corrected chi connectivity index (χ3v) is 3.14. The zero-order valence-electron chi connectivity index (χ0n) is 8.53. The standard InChI is InChI=1S/C12H8BrNO2/c1-15-8-5-4-7(13)12-10(8)11-9(16-12)3-2-6-14-11/h2-6H,1H3. The highest BCUT2D eigenvalue weighted by Gasteiger charge is 2.14. The van der Waals surface area contributed by atoms with E-state index >= 15 is 0 Å². The van der Waals surface area contributed by atoms with E-state index in [1.807, 2.05) is 24.3 Å². The zero-order valence-corrected chi connectivity index (χ0v) is 10.1. The zero-order chi connectivity index (χ0) is 11.1. The molecule has 0 radical (unpaired) electrons. The van der Waals surface area contributed by atoms with E-state index in [4.69, 9.17) is 9.15 Å². The van der Waals surface area contributed by atoms with Crippen molar-refractivity contribution in [2.75, 3.05) is 7.11 Å². The van der Waals surface area contributed by atoms with Crippen LogP contribution in [0.4, 0.5) is 0 Å². The molecule has 1 aromatic carbocycles. The van der Waals surface area contributed by atoms with Crippen LogP contribution < -0.4 is 4.74 Å². The number of halogens is 1. The Hall–Kier alpha value is -1.55. The molecule has 4 heteroatoms. The summed E-state index contributed by atoms with van der Waals surface area (Å²) in [6.45, 7) is 0. The van der Waals surface area contributed by atoms with Crippen LogP contribution >= 0.6 is 15.9 Å². The van der Waals surface area contributed by atoms with Crippen LogP contribution in [0.2, 0.25) is 0 Å². The van der Waals surface area contributed by atoms with Crippen LogP contribution in [-0.4, -0.2) is 12.1 Å². The van der Waals surface area contributed by atoms with Crippen LogP contribution in [0.15, 0.2) is 39.4 Å². The van der Waals surface area contributed by atoms with Crippen LogP contribution in [0.25, 0.3) is 22.1 Å². The normalized spacial score (nSPS) is 11.1. The number of ether oxygens (including phenoxy) is 1. The summed E-state index contributed by atoms with van der Waals surface area (Å²) in [5.41, 5.74) is 2.37. The van der Waals surface area contributed by atoms with Gasteiger partial charge in [-0.05, 0) is 40.2 Å². The molecule has 3 aromatic rings. The Morgan fingerprint density at radius 1 is 1.31 bits per heavy atom. The summed E-state index contributed by atoms with van der Waals surface area (Å²) in [5, 5.41) is 0.910. The molecule has 2 heterocycles. The maximum absolute atomic E-state index is 5.74. The fraction of sp³-hybridized carbons (Fsp3) is 0.0833. The van der Waals surface area contributed by atoms with Gasteiger partial charge in [-0.25, -0.2) is 0 Å². The molecule has 16 heavy (non-hydrogen) atoms. The van der Waals surface area contributed by atoms with Gasteiger partial charge in [0.2, 0.25) is 0 Å². The van der Waals surface area contributed by atoms with Gasteiger partial charge in [0.05, 0.1) is 17.0 Å². The Balaban J connectivity index is 2.59. The quantitative estimate of drug-likeness (QED) is 0.680. The Morgan fingerprint density at radius 3 is 3.00 bits per heavy atom. The van der Waals surface area contributed by atoms with Crippen LogP contribution in [0.5, 0.6) is 5.75 Å². The van der Waals surface area contributed by atoms with Gasteiger partial charge in [-0.2, -0.15) is 0 Å². The fourth-order valence-electron chi connectivity index (χ4n) is 1.80. The van der Waals surface area contributed by atoms with Gasteiger partial charge in [0, 0.05) is 6.20 Å². The summed E-state index contributed by atoms with van der Waals surface area (Å²) in [6, 6.07) is 7.55. The first-order valence-electron chi connectivity index (χ1n) is 4.81. The SMILES string of the molecule is COc1ccc(Br)c2oc3cccnc3c12. The van der Waals surface area contributed by atoms with E-state index in [0.29, 0.717) is 0 Å². The summed E-state index contributed by atoms with van der Waals surface area (Å²) in [4.78, 5) is 4.32. The summed E-state index contributed by atoms with van der Waals surface area (Å²) in [7, 11) is 1.64. The molecule has 0 amide bonds. The van der Waals surface area contributed by atoms with Gasteiger partial charge in [-0.15, -0.1) is 0 Å². The smallest absolute Gasteiger partial charge is 0.155 e. The lowest BCUT2D eigenvalue weighted by Gasteiger charge is -2.01. The number of methoxy groups -OCH3 is 1. The van der Waals surface area contributed by atoms with Gasteiger partial charge in [0.1, 0.15) is 11.3 Å². The Labute approximate surface area is 100 Å². The van der Waals surface area contributed by atoms with Gasteiger partial charge in [-0.1, -0.05) is 0 Å². The average Bonchev–Trinajstić information content (AvgIpc) is 2.70. The van der Waals surface area contributed by atoms with E-state index in [1.165, 1.54) is 0 Å². The number of furan rings is 1. The van der Waals surface area contributed by atoms with Crippen LogP contribution in [0.3, 0.4) is 0 Å². The second kappa shape index (κ2) is 3.49. The highest BCUT2D eigenvalue weighted by Crippen LogP contribution is 2.38. The van der Waals surface area contributed by atoms with Gasteiger partial charge < -0.3 is 9.15 Å². The molecule has 3 nitrogen and oxygen atoms in total. The number of benzene rings is 1. The van der Waals surface area contributed by atoms with Crippen molar-refractivity contribution in [2.45, 2.75) is 0 Å². The second-order valence-electron chi connectivity index (χ2n) is 3.41. The molecule has 0 atom stereocenters. The predicted octanol–water partition coefficient (Wildman–Crippen LogP) is 3.75. The van der Waals surface area contributed by atoms with Crippen LogP contribution in [-0.2, 0) is 0 Å².